The Morgan fingerprint density at radius 1 is 0.550 bits per heavy atom. The first-order chi connectivity index (χ1) is 9.77. The molecule has 1 radical (unpaired) electrons. The van der Waals surface area contributed by atoms with Crippen molar-refractivity contribution >= 4 is 0 Å². The van der Waals surface area contributed by atoms with Gasteiger partial charge in [0.1, 0.15) is 0 Å². The van der Waals surface area contributed by atoms with Gasteiger partial charge in [-0.15, -0.1) is 0 Å². The number of rotatable bonds is 16. The number of hydrogen-bond acceptors (Lipinski definition) is 0. The zero-order valence-electron chi connectivity index (χ0n) is 14.8. The summed E-state index contributed by atoms with van der Waals surface area (Å²) in [4.78, 5) is 0. The molecule has 0 rings (SSSR count). The summed E-state index contributed by atoms with van der Waals surface area (Å²) in [5.41, 5.74) is 0. The minimum atomic E-state index is 0.898. The van der Waals surface area contributed by atoms with Crippen LogP contribution in [0.1, 0.15) is 117 Å². The van der Waals surface area contributed by atoms with Crippen LogP contribution in [0.15, 0.2) is 0 Å². The lowest BCUT2D eigenvalue weighted by molar-refractivity contribution is 0.502. The van der Waals surface area contributed by atoms with Crippen molar-refractivity contribution < 1.29 is 0 Å². The molecule has 0 fully saturated rings. The molecule has 0 aliphatic rings. The van der Waals surface area contributed by atoms with E-state index < -0.39 is 0 Å². The predicted octanol–water partition coefficient (Wildman–Crippen LogP) is 7.72. The Morgan fingerprint density at radius 3 is 1.25 bits per heavy atom. The van der Waals surface area contributed by atoms with Crippen molar-refractivity contribution in [2.24, 2.45) is 5.92 Å². The van der Waals surface area contributed by atoms with Crippen LogP contribution < -0.4 is 0 Å². The summed E-state index contributed by atoms with van der Waals surface area (Å²) in [6, 6.07) is 0. The third-order valence-corrected chi connectivity index (χ3v) is 4.27. The Balaban J connectivity index is 2.92. The quantitative estimate of drug-likeness (QED) is 0.254. The average Bonchev–Trinajstić information content (AvgIpc) is 2.43. The summed E-state index contributed by atoms with van der Waals surface area (Å²) < 4.78 is 0. The van der Waals surface area contributed by atoms with Crippen molar-refractivity contribution in [2.75, 3.05) is 0 Å². The lowest BCUT2D eigenvalue weighted by Crippen LogP contribution is -1.87. The first-order valence-electron chi connectivity index (χ1n) is 9.55. The third kappa shape index (κ3) is 18.0. The summed E-state index contributed by atoms with van der Waals surface area (Å²) in [5, 5.41) is 0. The number of hydrogen-bond donors (Lipinski definition) is 0. The van der Waals surface area contributed by atoms with E-state index in [0.717, 1.165) is 5.92 Å². The van der Waals surface area contributed by atoms with Crippen molar-refractivity contribution in [3.63, 3.8) is 0 Å². The largest absolute Gasteiger partial charge is 0.0628 e. The summed E-state index contributed by atoms with van der Waals surface area (Å²) >= 11 is 0. The van der Waals surface area contributed by atoms with Crippen LogP contribution >= 0.6 is 0 Å². The summed E-state index contributed by atoms with van der Waals surface area (Å²) in [5.74, 6) is 0.898. The molecule has 0 heteroatoms. The van der Waals surface area contributed by atoms with E-state index in [1.54, 1.807) is 0 Å². The highest BCUT2D eigenvalue weighted by Gasteiger charge is 1.95. The van der Waals surface area contributed by atoms with Gasteiger partial charge in [0.25, 0.3) is 0 Å². The summed E-state index contributed by atoms with van der Waals surface area (Å²) in [6.07, 6.45) is 24.1. The van der Waals surface area contributed by atoms with Gasteiger partial charge < -0.3 is 0 Å². The average molecular weight is 282 g/mol. The first kappa shape index (κ1) is 20.0. The zero-order chi connectivity index (χ0) is 14.9. The van der Waals surface area contributed by atoms with Gasteiger partial charge in [-0.25, -0.2) is 0 Å². The van der Waals surface area contributed by atoms with Crippen LogP contribution in [-0.4, -0.2) is 0 Å². The Labute approximate surface area is 130 Å². The zero-order valence-corrected chi connectivity index (χ0v) is 14.8. The minimum Gasteiger partial charge on any atom is -0.0628 e. The lowest BCUT2D eigenvalue weighted by atomic mass is 10.0. The van der Waals surface area contributed by atoms with Crippen molar-refractivity contribution in [2.45, 2.75) is 117 Å². The molecule has 0 saturated heterocycles. The van der Waals surface area contributed by atoms with Crippen LogP contribution in [0.3, 0.4) is 0 Å². The molecule has 0 atom stereocenters. The van der Waals surface area contributed by atoms with Gasteiger partial charge in [0.2, 0.25) is 0 Å². The molecule has 0 nitrogen and oxygen atoms in total. The fraction of sp³-hybridized carbons (Fsp3) is 0.950. The van der Waals surface area contributed by atoms with Gasteiger partial charge >= 0.3 is 0 Å². The van der Waals surface area contributed by atoms with Crippen LogP contribution in [-0.2, 0) is 0 Å². The van der Waals surface area contributed by atoms with Crippen molar-refractivity contribution in [3.8, 4) is 0 Å². The maximum atomic E-state index is 2.34. The van der Waals surface area contributed by atoms with Crippen molar-refractivity contribution in [3.05, 3.63) is 6.42 Å². The van der Waals surface area contributed by atoms with Crippen LogP contribution in [0.4, 0.5) is 0 Å². The standard InChI is InChI=1S/C20H41/c1-4-5-6-7-8-9-10-11-12-13-14-15-16-17-18-19-20(2)3/h4,20H,5-19H2,1-3H3. The molecule has 0 aromatic rings. The Hall–Kier alpha value is 0. The molecule has 0 aliphatic heterocycles. The molecule has 0 spiro atoms. The monoisotopic (exact) mass is 281 g/mol. The highest BCUT2D eigenvalue weighted by molar-refractivity contribution is 4.55. The first-order valence-corrected chi connectivity index (χ1v) is 9.55. The van der Waals surface area contributed by atoms with Gasteiger partial charge in [0, 0.05) is 0 Å². The molecule has 0 amide bonds. The molecule has 121 valence electrons. The predicted molar refractivity (Wildman–Crippen MR) is 94.1 cm³/mol. The van der Waals surface area contributed by atoms with Gasteiger partial charge in [0.15, 0.2) is 0 Å². The molecule has 20 heavy (non-hydrogen) atoms. The molecular formula is C20H41. The third-order valence-electron chi connectivity index (χ3n) is 4.27. The van der Waals surface area contributed by atoms with E-state index in [0.29, 0.717) is 0 Å². The fourth-order valence-electron chi connectivity index (χ4n) is 2.85. The molecule has 0 unspecified atom stereocenters. The van der Waals surface area contributed by atoms with Crippen molar-refractivity contribution in [1.82, 2.24) is 0 Å². The van der Waals surface area contributed by atoms with E-state index in [1.807, 2.05) is 0 Å². The molecule has 0 heterocycles. The maximum Gasteiger partial charge on any atom is -0.0417 e. The SMILES string of the molecule is C[CH]CCCCCCCCCCCCCCCC(C)C. The normalized spacial score (nSPS) is 11.4. The number of unbranched alkanes of at least 4 members (excludes halogenated alkanes) is 14. The molecule has 0 bridgehead atoms. The van der Waals surface area contributed by atoms with Crippen LogP contribution in [0.25, 0.3) is 0 Å². The van der Waals surface area contributed by atoms with E-state index in [-0.39, 0.29) is 0 Å². The smallest absolute Gasteiger partial charge is 0.0417 e. The topological polar surface area (TPSA) is 0 Å². The van der Waals surface area contributed by atoms with Crippen LogP contribution in [0.5, 0.6) is 0 Å². The molecule has 0 N–H and O–H groups in total. The van der Waals surface area contributed by atoms with Crippen LogP contribution in [0.2, 0.25) is 0 Å². The molecule has 0 aromatic carbocycles. The Morgan fingerprint density at radius 2 is 0.900 bits per heavy atom. The highest BCUT2D eigenvalue weighted by Crippen LogP contribution is 2.14. The van der Waals surface area contributed by atoms with Crippen molar-refractivity contribution in [1.29, 1.82) is 0 Å². The maximum absolute atomic E-state index is 2.34. The second-order valence-electron chi connectivity index (χ2n) is 6.98. The van der Waals surface area contributed by atoms with E-state index in [9.17, 15) is 0 Å². The second kappa shape index (κ2) is 17.1. The Kier molecular flexibility index (Phi) is 17.1. The molecule has 0 aromatic heterocycles. The summed E-state index contributed by atoms with van der Waals surface area (Å²) in [7, 11) is 0. The summed E-state index contributed by atoms with van der Waals surface area (Å²) in [6.45, 7) is 6.84. The van der Waals surface area contributed by atoms with E-state index >= 15 is 0 Å². The highest BCUT2D eigenvalue weighted by atomic mass is 14.0. The van der Waals surface area contributed by atoms with Crippen LogP contribution in [0, 0.1) is 12.3 Å². The van der Waals surface area contributed by atoms with E-state index in [4.69, 9.17) is 0 Å². The van der Waals surface area contributed by atoms with Gasteiger partial charge in [-0.3, -0.25) is 0 Å². The Bertz CT molecular complexity index is 159. The van der Waals surface area contributed by atoms with E-state index in [1.165, 1.54) is 96.3 Å². The van der Waals surface area contributed by atoms with Gasteiger partial charge in [-0.05, 0) is 12.3 Å². The van der Waals surface area contributed by atoms with Gasteiger partial charge in [-0.2, -0.15) is 0 Å². The fourth-order valence-corrected chi connectivity index (χ4v) is 2.85. The van der Waals surface area contributed by atoms with Gasteiger partial charge in [0.05, 0.1) is 0 Å². The second-order valence-corrected chi connectivity index (χ2v) is 6.98. The molecule has 0 aliphatic carbocycles. The lowest BCUT2D eigenvalue weighted by Gasteiger charge is -2.05. The minimum absolute atomic E-state index is 0.898. The van der Waals surface area contributed by atoms with Gasteiger partial charge in [-0.1, -0.05) is 117 Å². The molecule has 0 saturated carbocycles. The van der Waals surface area contributed by atoms with E-state index in [2.05, 4.69) is 27.2 Å². The molecular weight excluding hydrogens is 240 g/mol.